The average Bonchev–Trinajstić information content (AvgIpc) is 2.20. The molecule has 1 heterocycles. The molecule has 0 aromatic carbocycles. The fourth-order valence-electron chi connectivity index (χ4n) is 1.10. The summed E-state index contributed by atoms with van der Waals surface area (Å²) in [5, 5.41) is 3.99. The van der Waals surface area contributed by atoms with E-state index in [2.05, 4.69) is 5.10 Å². The Labute approximate surface area is 92.8 Å². The molecule has 0 aliphatic rings. The topological polar surface area (TPSA) is 70.1 Å². The van der Waals surface area contributed by atoms with Crippen molar-refractivity contribution in [2.24, 2.45) is 5.73 Å². The van der Waals surface area contributed by atoms with Crippen LogP contribution in [0.5, 0.6) is 5.88 Å². The van der Waals surface area contributed by atoms with Gasteiger partial charge >= 0.3 is 0 Å². The van der Waals surface area contributed by atoms with Crippen LogP contribution < -0.4 is 16.0 Å². The molecule has 0 fully saturated rings. The van der Waals surface area contributed by atoms with E-state index in [1.165, 1.54) is 23.9 Å². The number of hydrogen-bond donors (Lipinski definition) is 1. The van der Waals surface area contributed by atoms with Gasteiger partial charge in [0.15, 0.2) is 0 Å². The van der Waals surface area contributed by atoms with Crippen molar-refractivity contribution in [3.63, 3.8) is 0 Å². The first kappa shape index (κ1) is 11.6. The van der Waals surface area contributed by atoms with Crippen molar-refractivity contribution in [2.45, 2.75) is 19.4 Å². The van der Waals surface area contributed by atoms with Gasteiger partial charge in [-0.05, 0) is 12.8 Å². The number of hydrogen-bond acceptors (Lipinski definition) is 4. The Bertz CT molecular complexity index is 403. The van der Waals surface area contributed by atoms with Gasteiger partial charge in [0.25, 0.3) is 5.56 Å². The van der Waals surface area contributed by atoms with Crippen LogP contribution >= 0.6 is 12.2 Å². The molecule has 15 heavy (non-hydrogen) atoms. The van der Waals surface area contributed by atoms with Gasteiger partial charge in [0.1, 0.15) is 0 Å². The highest BCUT2D eigenvalue weighted by atomic mass is 32.1. The number of nitrogens with zero attached hydrogens (tertiary/aromatic N) is 2. The van der Waals surface area contributed by atoms with Crippen molar-refractivity contribution in [1.82, 2.24) is 9.78 Å². The Kier molecular flexibility index (Phi) is 4.23. The molecule has 6 heteroatoms. The fraction of sp³-hybridized carbons (Fsp3) is 0.444. The van der Waals surface area contributed by atoms with Crippen LogP contribution in [0.2, 0.25) is 0 Å². The standard InChI is InChI=1S/C9H13N3O2S/c1-14-8-4-5-9(13)12(11-8)6-2-3-7(10)15/h4-5H,2-3,6H2,1H3,(H2,10,15). The minimum absolute atomic E-state index is 0.154. The Balaban J connectivity index is 2.67. The zero-order chi connectivity index (χ0) is 11.3. The number of nitrogens with two attached hydrogens (primary N) is 1. The molecule has 0 unspecified atom stereocenters. The lowest BCUT2D eigenvalue weighted by molar-refractivity contribution is 0.374. The fourth-order valence-corrected chi connectivity index (χ4v) is 1.25. The molecule has 0 radical (unpaired) electrons. The SMILES string of the molecule is COc1ccc(=O)n(CCCC(N)=S)n1. The largest absolute Gasteiger partial charge is 0.480 e. The highest BCUT2D eigenvalue weighted by Crippen LogP contribution is 2.00. The minimum Gasteiger partial charge on any atom is -0.480 e. The monoisotopic (exact) mass is 227 g/mol. The molecule has 1 aromatic heterocycles. The van der Waals surface area contributed by atoms with E-state index < -0.39 is 0 Å². The maximum atomic E-state index is 11.3. The highest BCUT2D eigenvalue weighted by molar-refractivity contribution is 7.80. The van der Waals surface area contributed by atoms with Crippen molar-refractivity contribution >= 4 is 17.2 Å². The number of aryl methyl sites for hydroxylation is 1. The van der Waals surface area contributed by atoms with Gasteiger partial charge in [-0.3, -0.25) is 4.79 Å². The van der Waals surface area contributed by atoms with Crippen LogP contribution in [0.3, 0.4) is 0 Å². The molecule has 2 N–H and O–H groups in total. The summed E-state index contributed by atoms with van der Waals surface area (Å²) in [4.78, 5) is 11.8. The zero-order valence-corrected chi connectivity index (χ0v) is 9.29. The van der Waals surface area contributed by atoms with Crippen LogP contribution in [0.4, 0.5) is 0 Å². The van der Waals surface area contributed by atoms with Crippen molar-refractivity contribution in [2.75, 3.05) is 7.11 Å². The van der Waals surface area contributed by atoms with Gasteiger partial charge in [0.05, 0.1) is 12.1 Å². The normalized spacial score (nSPS) is 9.93. The summed E-state index contributed by atoms with van der Waals surface area (Å²) in [6.07, 6.45) is 1.32. The van der Waals surface area contributed by atoms with E-state index in [1.54, 1.807) is 0 Å². The maximum absolute atomic E-state index is 11.3. The summed E-state index contributed by atoms with van der Waals surface area (Å²) >= 11 is 4.74. The van der Waals surface area contributed by atoms with Gasteiger partial charge in [0, 0.05) is 18.7 Å². The number of methoxy groups -OCH3 is 1. The molecule has 0 aliphatic heterocycles. The predicted molar refractivity (Wildman–Crippen MR) is 61.1 cm³/mol. The number of ether oxygens (including phenoxy) is 1. The summed E-state index contributed by atoms with van der Waals surface area (Å²) < 4.78 is 6.26. The van der Waals surface area contributed by atoms with E-state index in [0.717, 1.165) is 0 Å². The third kappa shape index (κ3) is 3.67. The first-order valence-corrected chi connectivity index (χ1v) is 4.95. The van der Waals surface area contributed by atoms with E-state index in [4.69, 9.17) is 22.7 Å². The first-order chi connectivity index (χ1) is 7.13. The highest BCUT2D eigenvalue weighted by Gasteiger charge is 2.00. The third-order valence-electron chi connectivity index (χ3n) is 1.84. The summed E-state index contributed by atoms with van der Waals surface area (Å²) in [7, 11) is 1.51. The minimum atomic E-state index is -0.154. The Morgan fingerprint density at radius 1 is 1.67 bits per heavy atom. The summed E-state index contributed by atoms with van der Waals surface area (Å²) in [6.45, 7) is 0.493. The molecule has 0 bridgehead atoms. The number of aromatic nitrogens is 2. The van der Waals surface area contributed by atoms with E-state index in [-0.39, 0.29) is 5.56 Å². The van der Waals surface area contributed by atoms with E-state index in [0.29, 0.717) is 30.3 Å². The predicted octanol–water partition coefficient (Wildman–Crippen LogP) is 0.318. The lowest BCUT2D eigenvalue weighted by atomic mass is 10.3. The molecular formula is C9H13N3O2S. The smallest absolute Gasteiger partial charge is 0.266 e. The van der Waals surface area contributed by atoms with Gasteiger partial charge in [-0.25, -0.2) is 4.68 Å². The van der Waals surface area contributed by atoms with E-state index in [1.807, 2.05) is 0 Å². The second kappa shape index (κ2) is 5.45. The van der Waals surface area contributed by atoms with Crippen molar-refractivity contribution < 1.29 is 4.74 Å². The van der Waals surface area contributed by atoms with Gasteiger partial charge in [-0.2, -0.15) is 0 Å². The molecule has 0 spiro atoms. The molecule has 0 atom stereocenters. The molecule has 0 saturated heterocycles. The van der Waals surface area contributed by atoms with Crippen molar-refractivity contribution in [3.05, 3.63) is 22.5 Å². The Morgan fingerprint density at radius 3 is 3.00 bits per heavy atom. The van der Waals surface area contributed by atoms with Crippen LogP contribution in [0.25, 0.3) is 0 Å². The average molecular weight is 227 g/mol. The number of thiocarbonyl (C=S) groups is 1. The van der Waals surface area contributed by atoms with Gasteiger partial charge in [-0.15, -0.1) is 5.10 Å². The Hall–Kier alpha value is -1.43. The van der Waals surface area contributed by atoms with Crippen molar-refractivity contribution in [3.8, 4) is 5.88 Å². The van der Waals surface area contributed by atoms with Crippen LogP contribution in [-0.2, 0) is 6.54 Å². The molecule has 0 amide bonds. The second-order valence-corrected chi connectivity index (χ2v) is 3.53. The quantitative estimate of drug-likeness (QED) is 0.733. The molecule has 0 aliphatic carbocycles. The van der Waals surface area contributed by atoms with Crippen LogP contribution in [0, 0.1) is 0 Å². The van der Waals surface area contributed by atoms with Crippen LogP contribution in [0.15, 0.2) is 16.9 Å². The zero-order valence-electron chi connectivity index (χ0n) is 8.47. The summed E-state index contributed by atoms with van der Waals surface area (Å²) in [5.41, 5.74) is 5.20. The molecule has 1 rings (SSSR count). The number of rotatable bonds is 5. The molecule has 82 valence electrons. The Morgan fingerprint density at radius 2 is 2.40 bits per heavy atom. The van der Waals surface area contributed by atoms with E-state index in [9.17, 15) is 4.79 Å². The van der Waals surface area contributed by atoms with Crippen molar-refractivity contribution in [1.29, 1.82) is 0 Å². The third-order valence-corrected chi connectivity index (χ3v) is 2.05. The van der Waals surface area contributed by atoms with Crippen LogP contribution in [0.1, 0.15) is 12.8 Å². The molecule has 1 aromatic rings. The lowest BCUT2D eigenvalue weighted by Gasteiger charge is -2.05. The lowest BCUT2D eigenvalue weighted by Crippen LogP contribution is -2.23. The summed E-state index contributed by atoms with van der Waals surface area (Å²) in [5.74, 6) is 0.421. The molecule has 0 saturated carbocycles. The van der Waals surface area contributed by atoms with Gasteiger partial charge in [-0.1, -0.05) is 12.2 Å². The van der Waals surface area contributed by atoms with Crippen LogP contribution in [-0.4, -0.2) is 21.9 Å². The van der Waals surface area contributed by atoms with E-state index >= 15 is 0 Å². The van der Waals surface area contributed by atoms with Gasteiger partial charge in [0.2, 0.25) is 5.88 Å². The molecule has 5 nitrogen and oxygen atoms in total. The maximum Gasteiger partial charge on any atom is 0.266 e. The molecular weight excluding hydrogens is 214 g/mol. The van der Waals surface area contributed by atoms with Gasteiger partial charge < -0.3 is 10.5 Å². The second-order valence-electron chi connectivity index (χ2n) is 3.01. The first-order valence-electron chi connectivity index (χ1n) is 4.54. The summed E-state index contributed by atoms with van der Waals surface area (Å²) in [6, 6.07) is 2.96.